The number of rotatable bonds is 7. The molecule has 4 rings (SSSR count). The van der Waals surface area contributed by atoms with Crippen LogP contribution in [0.3, 0.4) is 0 Å². The normalized spacial score (nSPS) is 11.9. The third kappa shape index (κ3) is 4.39. The average molecular weight is 416 g/mol. The van der Waals surface area contributed by atoms with E-state index in [0.717, 1.165) is 16.9 Å². The van der Waals surface area contributed by atoms with Crippen LogP contribution >= 0.6 is 0 Å². The summed E-state index contributed by atoms with van der Waals surface area (Å²) >= 11 is 0. The summed E-state index contributed by atoms with van der Waals surface area (Å²) in [7, 11) is 1.58. The van der Waals surface area contributed by atoms with E-state index in [2.05, 4.69) is 44.5 Å². The molecule has 3 aromatic heterocycles. The van der Waals surface area contributed by atoms with Crippen molar-refractivity contribution in [3.05, 3.63) is 78.0 Å². The second-order valence-electron chi connectivity index (χ2n) is 7.17. The SMILES string of the molecule is COc1cc(N[C@@H](C)c2ccccc2)nnc1-c1ccc(-n2cnc(C)c2)c(CO)n1. The largest absolute Gasteiger partial charge is 0.494 e. The first-order valence-corrected chi connectivity index (χ1v) is 9.94. The van der Waals surface area contributed by atoms with Crippen LogP contribution in [-0.2, 0) is 6.61 Å². The van der Waals surface area contributed by atoms with E-state index in [1.807, 2.05) is 48.0 Å². The Bertz CT molecular complexity index is 1180. The van der Waals surface area contributed by atoms with Crippen molar-refractivity contribution < 1.29 is 9.84 Å². The van der Waals surface area contributed by atoms with E-state index in [0.29, 0.717) is 28.6 Å². The molecule has 8 nitrogen and oxygen atoms in total. The van der Waals surface area contributed by atoms with Gasteiger partial charge < -0.3 is 19.7 Å². The summed E-state index contributed by atoms with van der Waals surface area (Å²) in [5.41, 5.74) is 4.37. The fourth-order valence-electron chi connectivity index (χ4n) is 3.36. The Kier molecular flexibility index (Phi) is 5.90. The quantitative estimate of drug-likeness (QED) is 0.474. The summed E-state index contributed by atoms with van der Waals surface area (Å²) in [5.74, 6) is 1.14. The van der Waals surface area contributed by atoms with Gasteiger partial charge in [-0.1, -0.05) is 30.3 Å². The van der Waals surface area contributed by atoms with Gasteiger partial charge in [0.2, 0.25) is 0 Å². The van der Waals surface area contributed by atoms with Crippen molar-refractivity contribution in [2.75, 3.05) is 12.4 Å². The molecular weight excluding hydrogens is 392 g/mol. The van der Waals surface area contributed by atoms with Gasteiger partial charge in [-0.15, -0.1) is 10.2 Å². The van der Waals surface area contributed by atoms with Crippen LogP contribution < -0.4 is 10.1 Å². The minimum Gasteiger partial charge on any atom is -0.494 e. The number of hydrogen-bond donors (Lipinski definition) is 2. The maximum Gasteiger partial charge on any atom is 0.153 e. The number of aryl methyl sites for hydroxylation is 1. The highest BCUT2D eigenvalue weighted by Gasteiger charge is 2.16. The molecule has 0 saturated heterocycles. The number of methoxy groups -OCH3 is 1. The fraction of sp³-hybridized carbons (Fsp3) is 0.217. The number of nitrogens with zero attached hydrogens (tertiary/aromatic N) is 5. The monoisotopic (exact) mass is 416 g/mol. The van der Waals surface area contributed by atoms with Gasteiger partial charge in [0.15, 0.2) is 17.3 Å². The van der Waals surface area contributed by atoms with Crippen molar-refractivity contribution in [1.82, 2.24) is 24.7 Å². The van der Waals surface area contributed by atoms with Gasteiger partial charge in [-0.05, 0) is 31.5 Å². The van der Waals surface area contributed by atoms with Crippen LogP contribution in [-0.4, -0.2) is 36.9 Å². The molecule has 8 heteroatoms. The number of anilines is 1. The summed E-state index contributed by atoms with van der Waals surface area (Å²) in [6.45, 7) is 3.75. The van der Waals surface area contributed by atoms with E-state index in [1.54, 1.807) is 19.5 Å². The minimum atomic E-state index is -0.218. The summed E-state index contributed by atoms with van der Waals surface area (Å²) < 4.78 is 7.39. The highest BCUT2D eigenvalue weighted by Crippen LogP contribution is 2.30. The molecule has 0 radical (unpaired) electrons. The lowest BCUT2D eigenvalue weighted by Crippen LogP contribution is -2.09. The molecule has 0 aliphatic carbocycles. The molecule has 0 bridgehead atoms. The number of ether oxygens (including phenoxy) is 1. The molecule has 0 amide bonds. The number of nitrogens with one attached hydrogen (secondary N) is 1. The second kappa shape index (κ2) is 8.93. The van der Waals surface area contributed by atoms with E-state index in [4.69, 9.17) is 4.74 Å². The topological polar surface area (TPSA) is 98.0 Å². The Morgan fingerprint density at radius 1 is 1.13 bits per heavy atom. The number of hydrogen-bond acceptors (Lipinski definition) is 7. The zero-order chi connectivity index (χ0) is 21.8. The molecule has 0 unspecified atom stereocenters. The molecule has 0 spiro atoms. The summed E-state index contributed by atoms with van der Waals surface area (Å²) in [5, 5.41) is 21.9. The lowest BCUT2D eigenvalue weighted by Gasteiger charge is -2.16. The predicted octanol–water partition coefficient (Wildman–Crippen LogP) is 3.71. The smallest absolute Gasteiger partial charge is 0.153 e. The zero-order valence-corrected chi connectivity index (χ0v) is 17.6. The molecule has 1 aromatic carbocycles. The van der Waals surface area contributed by atoms with Gasteiger partial charge in [0, 0.05) is 12.3 Å². The number of imidazole rings is 1. The van der Waals surface area contributed by atoms with E-state index < -0.39 is 0 Å². The first-order chi connectivity index (χ1) is 15.1. The lowest BCUT2D eigenvalue weighted by atomic mass is 10.1. The number of aromatic nitrogens is 5. The first-order valence-electron chi connectivity index (χ1n) is 9.94. The molecule has 1 atom stereocenters. The standard InChI is InChI=1S/C23H24N6O2/c1-15-12-29(14-24-15)20-10-9-18(26-19(20)13-30)23-21(31-3)11-22(27-28-23)25-16(2)17-7-5-4-6-8-17/h4-12,14,16,30H,13H2,1-3H3,(H,25,27)/t16-/m0/s1. The van der Waals surface area contributed by atoms with Gasteiger partial charge in [0.25, 0.3) is 0 Å². The highest BCUT2D eigenvalue weighted by atomic mass is 16.5. The third-order valence-corrected chi connectivity index (χ3v) is 4.98. The minimum absolute atomic E-state index is 0.0584. The van der Waals surface area contributed by atoms with Crippen molar-refractivity contribution >= 4 is 5.82 Å². The van der Waals surface area contributed by atoms with Crippen LogP contribution in [0.15, 0.2) is 61.1 Å². The highest BCUT2D eigenvalue weighted by molar-refractivity contribution is 5.65. The van der Waals surface area contributed by atoms with Crippen LogP contribution in [0.5, 0.6) is 5.75 Å². The molecule has 0 fully saturated rings. The maximum absolute atomic E-state index is 9.86. The van der Waals surface area contributed by atoms with Crippen molar-refractivity contribution in [3.8, 4) is 22.8 Å². The Hall–Kier alpha value is -3.78. The van der Waals surface area contributed by atoms with Gasteiger partial charge in [-0.2, -0.15) is 0 Å². The molecule has 2 N–H and O–H groups in total. The zero-order valence-electron chi connectivity index (χ0n) is 17.6. The van der Waals surface area contributed by atoms with Crippen LogP contribution in [0.1, 0.15) is 29.9 Å². The van der Waals surface area contributed by atoms with Crippen LogP contribution in [0.2, 0.25) is 0 Å². The summed E-state index contributed by atoms with van der Waals surface area (Å²) in [4.78, 5) is 8.83. The Balaban J connectivity index is 1.63. The molecule has 31 heavy (non-hydrogen) atoms. The Labute approximate surface area is 180 Å². The number of benzene rings is 1. The van der Waals surface area contributed by atoms with Gasteiger partial charge in [0.1, 0.15) is 0 Å². The lowest BCUT2D eigenvalue weighted by molar-refractivity contribution is 0.276. The first kappa shape index (κ1) is 20.5. The maximum atomic E-state index is 9.86. The van der Waals surface area contributed by atoms with Crippen molar-refractivity contribution in [2.45, 2.75) is 26.5 Å². The molecule has 0 saturated carbocycles. The molecule has 0 aliphatic rings. The van der Waals surface area contributed by atoms with E-state index in [9.17, 15) is 5.11 Å². The van der Waals surface area contributed by atoms with Crippen molar-refractivity contribution in [1.29, 1.82) is 0 Å². The van der Waals surface area contributed by atoms with E-state index >= 15 is 0 Å². The van der Waals surface area contributed by atoms with Gasteiger partial charge >= 0.3 is 0 Å². The fourth-order valence-corrected chi connectivity index (χ4v) is 3.36. The summed E-state index contributed by atoms with van der Waals surface area (Å²) in [6, 6.07) is 15.7. The molecule has 4 aromatic rings. The summed E-state index contributed by atoms with van der Waals surface area (Å²) in [6.07, 6.45) is 3.57. The molecule has 0 aliphatic heterocycles. The van der Waals surface area contributed by atoms with Gasteiger partial charge in [-0.25, -0.2) is 9.97 Å². The number of pyridine rings is 1. The Morgan fingerprint density at radius 3 is 2.61 bits per heavy atom. The van der Waals surface area contributed by atoms with E-state index in [-0.39, 0.29) is 12.6 Å². The van der Waals surface area contributed by atoms with Crippen molar-refractivity contribution in [2.24, 2.45) is 0 Å². The van der Waals surface area contributed by atoms with E-state index in [1.165, 1.54) is 0 Å². The molecule has 3 heterocycles. The van der Waals surface area contributed by atoms with Gasteiger partial charge in [-0.3, -0.25) is 0 Å². The van der Waals surface area contributed by atoms with Crippen LogP contribution in [0.25, 0.3) is 17.1 Å². The number of aliphatic hydroxyl groups excluding tert-OH is 1. The number of aliphatic hydroxyl groups is 1. The Morgan fingerprint density at radius 2 is 1.94 bits per heavy atom. The van der Waals surface area contributed by atoms with Gasteiger partial charge in [0.05, 0.1) is 48.9 Å². The van der Waals surface area contributed by atoms with Crippen LogP contribution in [0.4, 0.5) is 5.82 Å². The second-order valence-corrected chi connectivity index (χ2v) is 7.17. The predicted molar refractivity (Wildman–Crippen MR) is 118 cm³/mol. The average Bonchev–Trinajstić information content (AvgIpc) is 3.25. The molecular formula is C23H24N6O2. The van der Waals surface area contributed by atoms with Crippen LogP contribution in [0, 0.1) is 6.92 Å². The third-order valence-electron chi connectivity index (χ3n) is 4.98. The molecule has 158 valence electrons. The van der Waals surface area contributed by atoms with Crippen molar-refractivity contribution in [3.63, 3.8) is 0 Å².